The van der Waals surface area contributed by atoms with Gasteiger partial charge in [0, 0.05) is 5.56 Å². The molecule has 0 bridgehead atoms. The zero-order valence-corrected chi connectivity index (χ0v) is 8.33. The number of nitrogens with two attached hydrogens (primary N) is 3. The molecule has 0 fully saturated rings. The lowest BCUT2D eigenvalue weighted by Crippen LogP contribution is -2.54. The molecule has 8 N–H and O–H groups in total. The number of carboxylic acids is 2. The van der Waals surface area contributed by atoms with Gasteiger partial charge in [-0.05, 0) is 0 Å². The van der Waals surface area contributed by atoms with Crippen LogP contribution in [-0.4, -0.2) is 22.2 Å². The van der Waals surface area contributed by atoms with E-state index in [0.29, 0.717) is 0 Å². The second-order valence-electron chi connectivity index (χ2n) is 2.91. The van der Waals surface area contributed by atoms with Gasteiger partial charge < -0.3 is 10.2 Å². The van der Waals surface area contributed by atoms with E-state index in [1.54, 1.807) is 12.1 Å². The van der Waals surface area contributed by atoms with Crippen LogP contribution in [0.5, 0.6) is 0 Å². The minimum atomic E-state index is -1.82. The van der Waals surface area contributed by atoms with E-state index in [4.69, 9.17) is 37.0 Å². The fraction of sp³-hybridized carbons (Fsp3) is 0.111. The smallest absolute Gasteiger partial charge is 0.414 e. The van der Waals surface area contributed by atoms with Crippen molar-refractivity contribution < 1.29 is 19.8 Å². The number of carbonyl (C=O) groups is 2. The van der Waals surface area contributed by atoms with Crippen molar-refractivity contribution in [1.29, 1.82) is 0 Å². The van der Waals surface area contributed by atoms with E-state index >= 15 is 0 Å². The second-order valence-corrected chi connectivity index (χ2v) is 2.91. The van der Waals surface area contributed by atoms with Gasteiger partial charge in [-0.15, -0.1) is 0 Å². The van der Waals surface area contributed by atoms with E-state index in [-0.39, 0.29) is 0 Å². The highest BCUT2D eigenvalue weighted by molar-refractivity contribution is 6.27. The van der Waals surface area contributed by atoms with Crippen LogP contribution in [0.25, 0.3) is 0 Å². The molecule has 1 aromatic carbocycles. The summed E-state index contributed by atoms with van der Waals surface area (Å²) >= 11 is 0. The molecule has 1 rings (SSSR count). The Hall–Kier alpha value is -1.96. The lowest BCUT2D eigenvalue weighted by atomic mass is 10.1. The molecule has 0 aliphatic carbocycles. The second kappa shape index (κ2) is 5.81. The lowest BCUT2D eigenvalue weighted by molar-refractivity contribution is -0.159. The summed E-state index contributed by atoms with van der Waals surface area (Å²) in [7, 11) is 0. The van der Waals surface area contributed by atoms with Crippen molar-refractivity contribution in [3.63, 3.8) is 0 Å². The number of aliphatic carboxylic acids is 2. The number of hydrogen-bond donors (Lipinski definition) is 5. The number of hydrogen-bond acceptors (Lipinski definition) is 5. The van der Waals surface area contributed by atoms with E-state index in [9.17, 15) is 0 Å². The van der Waals surface area contributed by atoms with Gasteiger partial charge in [-0.25, -0.2) is 9.59 Å². The highest BCUT2D eigenvalue weighted by Crippen LogP contribution is 2.04. The van der Waals surface area contributed by atoms with Gasteiger partial charge in [-0.2, -0.15) is 0 Å². The average molecular weight is 227 g/mol. The fourth-order valence-electron chi connectivity index (χ4n) is 0.727. The number of rotatable bonds is 1. The van der Waals surface area contributed by atoms with Crippen LogP contribution in [-0.2, 0) is 15.4 Å². The van der Waals surface area contributed by atoms with Crippen molar-refractivity contribution in [2.75, 3.05) is 0 Å². The molecule has 0 aromatic heterocycles. The van der Waals surface area contributed by atoms with Crippen molar-refractivity contribution in [1.82, 2.24) is 0 Å². The Morgan fingerprint density at radius 1 is 0.938 bits per heavy atom. The molecule has 0 saturated carbocycles. The average Bonchev–Trinajstić information content (AvgIpc) is 2.18. The Balaban J connectivity index is 0.000000325. The summed E-state index contributed by atoms with van der Waals surface area (Å²) in [5.41, 5.74) is 17.0. The molecule has 0 saturated heterocycles. The summed E-state index contributed by atoms with van der Waals surface area (Å²) in [6.07, 6.45) is 0. The van der Waals surface area contributed by atoms with Crippen molar-refractivity contribution in [3.8, 4) is 0 Å². The van der Waals surface area contributed by atoms with Gasteiger partial charge in [0.05, 0.1) is 0 Å². The fourth-order valence-corrected chi connectivity index (χ4v) is 0.727. The van der Waals surface area contributed by atoms with Gasteiger partial charge in [0.25, 0.3) is 0 Å². The molecule has 88 valence electrons. The number of carboxylic acid groups (broad SMARTS) is 2. The molecule has 0 aliphatic rings. The molecule has 1 aromatic rings. The summed E-state index contributed by atoms with van der Waals surface area (Å²) in [5.74, 6) is -4.86. The largest absolute Gasteiger partial charge is 0.473 e. The van der Waals surface area contributed by atoms with Crippen molar-refractivity contribution in [2.24, 2.45) is 17.2 Å². The predicted octanol–water partition coefficient (Wildman–Crippen LogP) is -1.17. The predicted molar refractivity (Wildman–Crippen MR) is 56.0 cm³/mol. The molecule has 0 amide bonds. The molecule has 0 unspecified atom stereocenters. The summed E-state index contributed by atoms with van der Waals surface area (Å²) in [5, 5.41) is 14.8. The zero-order chi connectivity index (χ0) is 12.8. The van der Waals surface area contributed by atoms with Crippen LogP contribution >= 0.6 is 0 Å². The van der Waals surface area contributed by atoms with Crippen LogP contribution in [0.2, 0.25) is 0 Å². The Labute approximate surface area is 91.5 Å². The molecule has 0 atom stereocenters. The zero-order valence-electron chi connectivity index (χ0n) is 8.33. The van der Waals surface area contributed by atoms with E-state index in [1.807, 2.05) is 18.2 Å². The highest BCUT2D eigenvalue weighted by atomic mass is 16.4. The first-order valence-electron chi connectivity index (χ1n) is 4.13. The molecule has 0 aliphatic heterocycles. The Bertz CT molecular complexity index is 347. The van der Waals surface area contributed by atoms with E-state index < -0.39 is 17.7 Å². The van der Waals surface area contributed by atoms with Crippen molar-refractivity contribution in [3.05, 3.63) is 35.9 Å². The van der Waals surface area contributed by atoms with Crippen LogP contribution in [0.1, 0.15) is 5.56 Å². The van der Waals surface area contributed by atoms with Crippen molar-refractivity contribution >= 4 is 11.9 Å². The SMILES string of the molecule is NC(N)(N)c1ccccc1.O=C(O)C(=O)O. The minimum absolute atomic E-state index is 0.731. The quantitative estimate of drug-likeness (QED) is 0.299. The monoisotopic (exact) mass is 227 g/mol. The van der Waals surface area contributed by atoms with Crippen molar-refractivity contribution in [2.45, 2.75) is 5.79 Å². The van der Waals surface area contributed by atoms with E-state index in [0.717, 1.165) is 5.56 Å². The summed E-state index contributed by atoms with van der Waals surface area (Å²) in [6.45, 7) is 0. The maximum absolute atomic E-state index is 9.10. The third-order valence-corrected chi connectivity index (χ3v) is 1.46. The summed E-state index contributed by atoms with van der Waals surface area (Å²) in [4.78, 5) is 18.2. The Morgan fingerprint density at radius 3 is 1.50 bits per heavy atom. The topological polar surface area (TPSA) is 153 Å². The van der Waals surface area contributed by atoms with Gasteiger partial charge in [-0.3, -0.25) is 17.2 Å². The molecule has 7 heteroatoms. The normalized spacial score (nSPS) is 9.94. The first-order valence-corrected chi connectivity index (χ1v) is 4.13. The summed E-state index contributed by atoms with van der Waals surface area (Å²) < 4.78 is 0. The molecule has 0 spiro atoms. The molecule has 0 radical (unpaired) electrons. The highest BCUT2D eigenvalue weighted by Gasteiger charge is 2.12. The van der Waals surface area contributed by atoms with Gasteiger partial charge in [0.2, 0.25) is 0 Å². The molecular weight excluding hydrogens is 214 g/mol. The van der Waals surface area contributed by atoms with Gasteiger partial charge in [0.1, 0.15) is 5.79 Å². The number of benzene rings is 1. The molecular formula is C9H13N3O4. The van der Waals surface area contributed by atoms with Crippen LogP contribution in [0.3, 0.4) is 0 Å². The van der Waals surface area contributed by atoms with E-state index in [2.05, 4.69) is 0 Å². The first kappa shape index (κ1) is 14.0. The molecule has 7 nitrogen and oxygen atoms in total. The van der Waals surface area contributed by atoms with Crippen LogP contribution < -0.4 is 17.2 Å². The van der Waals surface area contributed by atoms with Crippen LogP contribution in [0.4, 0.5) is 0 Å². The minimum Gasteiger partial charge on any atom is -0.473 e. The van der Waals surface area contributed by atoms with Gasteiger partial charge >= 0.3 is 11.9 Å². The lowest BCUT2D eigenvalue weighted by Gasteiger charge is -2.18. The Morgan fingerprint density at radius 2 is 1.31 bits per heavy atom. The van der Waals surface area contributed by atoms with Gasteiger partial charge in [-0.1, -0.05) is 30.3 Å². The third-order valence-electron chi connectivity index (χ3n) is 1.46. The third kappa shape index (κ3) is 5.70. The molecule has 0 heterocycles. The first-order chi connectivity index (χ1) is 7.25. The Kier molecular flexibility index (Phi) is 5.10. The maximum atomic E-state index is 9.10. The van der Waals surface area contributed by atoms with Crippen LogP contribution in [0, 0.1) is 0 Å². The van der Waals surface area contributed by atoms with Gasteiger partial charge in [0.15, 0.2) is 0 Å². The van der Waals surface area contributed by atoms with E-state index in [1.165, 1.54) is 0 Å². The summed E-state index contributed by atoms with van der Waals surface area (Å²) in [6, 6.07) is 9.16. The standard InChI is InChI=1S/C7H11N3.C2H2O4/c8-7(9,10)6-4-2-1-3-5-6;3-1(4)2(5)6/h1-5H,8-10H2;(H,3,4)(H,5,6). The van der Waals surface area contributed by atoms with Crippen LogP contribution in [0.15, 0.2) is 30.3 Å². The maximum Gasteiger partial charge on any atom is 0.414 e. The molecule has 16 heavy (non-hydrogen) atoms.